The van der Waals surface area contributed by atoms with Crippen molar-refractivity contribution in [2.24, 2.45) is 5.73 Å². The highest BCUT2D eigenvalue weighted by molar-refractivity contribution is 7.93. The molecule has 0 amide bonds. The molecule has 0 saturated heterocycles. The maximum absolute atomic E-state index is 12.3. The van der Waals surface area contributed by atoms with Crippen molar-refractivity contribution in [3.05, 3.63) is 29.8 Å². The van der Waals surface area contributed by atoms with Crippen LogP contribution in [0.25, 0.3) is 0 Å². The fourth-order valence-corrected chi connectivity index (χ4v) is 3.44. The molecule has 0 spiro atoms. The minimum absolute atomic E-state index is 0.126. The third kappa shape index (κ3) is 2.17. The highest BCUT2D eigenvalue weighted by atomic mass is 32.2. The summed E-state index contributed by atoms with van der Waals surface area (Å²) in [5.74, 6) is 0. The lowest BCUT2D eigenvalue weighted by Gasteiger charge is -2.34. The van der Waals surface area contributed by atoms with E-state index in [2.05, 4.69) is 0 Å². The minimum Gasteiger partial charge on any atom is -0.326 e. The summed E-state index contributed by atoms with van der Waals surface area (Å²) in [6.45, 7) is 3.76. The molecule has 5 heteroatoms. The normalized spacial score (nSPS) is 20.5. The smallest absolute Gasteiger partial charge is 0.237 e. The van der Waals surface area contributed by atoms with Crippen molar-refractivity contribution in [1.29, 1.82) is 0 Å². The summed E-state index contributed by atoms with van der Waals surface area (Å²) in [4.78, 5) is 0. The van der Waals surface area contributed by atoms with E-state index in [1.807, 2.05) is 24.3 Å². The lowest BCUT2D eigenvalue weighted by atomic mass is 10.0. The van der Waals surface area contributed by atoms with Crippen LogP contribution in [0.15, 0.2) is 24.3 Å². The summed E-state index contributed by atoms with van der Waals surface area (Å²) < 4.78 is 26.0. The average molecular weight is 254 g/mol. The maximum atomic E-state index is 12.3. The van der Waals surface area contributed by atoms with Crippen LogP contribution >= 0.6 is 0 Å². The minimum atomic E-state index is -3.29. The highest BCUT2D eigenvalue weighted by Gasteiger charge is 2.32. The quantitative estimate of drug-likeness (QED) is 0.860. The van der Waals surface area contributed by atoms with Crippen molar-refractivity contribution in [3.8, 4) is 0 Å². The molecule has 1 aromatic rings. The molecule has 0 bridgehead atoms. The molecule has 17 heavy (non-hydrogen) atoms. The monoisotopic (exact) mass is 254 g/mol. The molecule has 0 aliphatic carbocycles. The molecule has 1 aliphatic heterocycles. The van der Waals surface area contributed by atoms with E-state index >= 15 is 0 Å². The number of anilines is 1. The topological polar surface area (TPSA) is 63.4 Å². The van der Waals surface area contributed by atoms with Gasteiger partial charge in [0.2, 0.25) is 10.0 Å². The molecule has 1 aromatic carbocycles. The third-order valence-corrected chi connectivity index (χ3v) is 5.20. The number of nitrogens with zero attached hydrogens (tertiary/aromatic N) is 1. The van der Waals surface area contributed by atoms with E-state index in [4.69, 9.17) is 5.73 Å². The molecule has 1 atom stereocenters. The Labute approximate surface area is 102 Å². The van der Waals surface area contributed by atoms with Crippen LogP contribution in [0.3, 0.4) is 0 Å². The average Bonchev–Trinajstić information content (AvgIpc) is 2.27. The van der Waals surface area contributed by atoms with Crippen molar-refractivity contribution < 1.29 is 8.42 Å². The largest absolute Gasteiger partial charge is 0.326 e. The van der Waals surface area contributed by atoms with Gasteiger partial charge in [-0.1, -0.05) is 18.2 Å². The molecule has 4 nitrogen and oxygen atoms in total. The summed E-state index contributed by atoms with van der Waals surface area (Å²) in [7, 11) is -3.29. The second-order valence-electron chi connectivity index (χ2n) is 4.72. The lowest BCUT2D eigenvalue weighted by molar-refractivity contribution is 0.567. The molecule has 1 heterocycles. The summed E-state index contributed by atoms with van der Waals surface area (Å²) in [5, 5.41) is -0.430. The van der Waals surface area contributed by atoms with Gasteiger partial charge >= 0.3 is 0 Å². The Hall–Kier alpha value is -1.07. The van der Waals surface area contributed by atoms with Crippen LogP contribution in [0.4, 0.5) is 5.69 Å². The van der Waals surface area contributed by atoms with Gasteiger partial charge in [0.1, 0.15) is 0 Å². The van der Waals surface area contributed by atoms with Gasteiger partial charge < -0.3 is 5.73 Å². The van der Waals surface area contributed by atoms with Crippen molar-refractivity contribution >= 4 is 15.7 Å². The number of para-hydroxylation sites is 1. The first kappa shape index (κ1) is 12.4. The fourth-order valence-electron chi connectivity index (χ4n) is 2.08. The molecule has 1 unspecified atom stereocenters. The first-order valence-corrected chi connectivity index (χ1v) is 7.28. The molecule has 1 aliphatic rings. The number of benzene rings is 1. The van der Waals surface area contributed by atoms with Crippen LogP contribution in [-0.2, 0) is 16.4 Å². The molecule has 2 N–H and O–H groups in total. The Bertz CT molecular complexity index is 511. The molecule has 94 valence electrons. The molecule has 0 saturated carbocycles. The van der Waals surface area contributed by atoms with E-state index < -0.39 is 15.3 Å². The van der Waals surface area contributed by atoms with Crippen LogP contribution in [0.1, 0.15) is 19.4 Å². The zero-order chi connectivity index (χ0) is 12.6. The van der Waals surface area contributed by atoms with E-state index in [0.717, 1.165) is 17.7 Å². The number of fused-ring (bicyclic) bond motifs is 1. The van der Waals surface area contributed by atoms with Gasteiger partial charge in [-0.25, -0.2) is 8.42 Å². The van der Waals surface area contributed by atoms with Gasteiger partial charge in [-0.05, 0) is 31.9 Å². The van der Waals surface area contributed by atoms with Gasteiger partial charge in [-0.15, -0.1) is 0 Å². The van der Waals surface area contributed by atoms with Crippen LogP contribution < -0.4 is 10.0 Å². The van der Waals surface area contributed by atoms with Crippen LogP contribution in [0.5, 0.6) is 0 Å². The number of sulfonamides is 1. The summed E-state index contributed by atoms with van der Waals surface area (Å²) in [6, 6.07) is 7.44. The van der Waals surface area contributed by atoms with E-state index in [-0.39, 0.29) is 6.04 Å². The zero-order valence-corrected chi connectivity index (χ0v) is 10.9. The molecule has 0 aromatic heterocycles. The highest BCUT2D eigenvalue weighted by Crippen LogP contribution is 2.29. The molecular weight excluding hydrogens is 236 g/mol. The Balaban J connectivity index is 2.50. The van der Waals surface area contributed by atoms with Crippen LogP contribution in [0.2, 0.25) is 0 Å². The molecule has 2 rings (SSSR count). The SMILES string of the molecule is CC(C)S(=O)(=O)N1CC(N)Cc2ccccc21. The maximum Gasteiger partial charge on any atom is 0.237 e. The standard InChI is InChI=1S/C12H18N2O2S/c1-9(2)17(15,16)14-8-11(13)7-10-5-3-4-6-12(10)14/h3-6,9,11H,7-8,13H2,1-2H3. The predicted molar refractivity (Wildman–Crippen MR) is 69.5 cm³/mol. The van der Waals surface area contributed by atoms with E-state index in [1.54, 1.807) is 13.8 Å². The number of nitrogens with two attached hydrogens (primary N) is 1. The summed E-state index contributed by atoms with van der Waals surface area (Å²) in [5.41, 5.74) is 7.72. The Morgan fingerprint density at radius 3 is 2.65 bits per heavy atom. The van der Waals surface area contributed by atoms with Gasteiger partial charge in [-0.2, -0.15) is 0 Å². The lowest BCUT2D eigenvalue weighted by Crippen LogP contribution is -2.48. The fraction of sp³-hybridized carbons (Fsp3) is 0.500. The van der Waals surface area contributed by atoms with Crippen LogP contribution in [-0.4, -0.2) is 26.3 Å². The van der Waals surface area contributed by atoms with Crippen molar-refractivity contribution in [3.63, 3.8) is 0 Å². The van der Waals surface area contributed by atoms with Crippen LogP contribution in [0, 0.1) is 0 Å². The number of rotatable bonds is 2. The Morgan fingerprint density at radius 1 is 1.35 bits per heavy atom. The van der Waals surface area contributed by atoms with Gasteiger partial charge in [0.05, 0.1) is 10.9 Å². The van der Waals surface area contributed by atoms with Crippen molar-refractivity contribution in [1.82, 2.24) is 0 Å². The second-order valence-corrected chi connectivity index (χ2v) is 7.13. The second kappa shape index (κ2) is 4.31. The summed E-state index contributed by atoms with van der Waals surface area (Å²) in [6.07, 6.45) is 0.736. The van der Waals surface area contributed by atoms with E-state index in [0.29, 0.717) is 6.54 Å². The molecular formula is C12H18N2O2S. The zero-order valence-electron chi connectivity index (χ0n) is 10.1. The number of hydrogen-bond donors (Lipinski definition) is 1. The third-order valence-electron chi connectivity index (χ3n) is 3.05. The first-order chi connectivity index (χ1) is 7.93. The molecule has 0 fully saturated rings. The number of hydrogen-bond acceptors (Lipinski definition) is 3. The predicted octanol–water partition coefficient (Wildman–Crippen LogP) is 1.11. The first-order valence-electron chi connectivity index (χ1n) is 5.78. The van der Waals surface area contributed by atoms with Crippen molar-refractivity contribution in [2.75, 3.05) is 10.8 Å². The molecule has 0 radical (unpaired) electrons. The van der Waals surface area contributed by atoms with E-state index in [9.17, 15) is 8.42 Å². The van der Waals surface area contributed by atoms with Gasteiger partial charge in [0.25, 0.3) is 0 Å². The van der Waals surface area contributed by atoms with Gasteiger partial charge in [0.15, 0.2) is 0 Å². The van der Waals surface area contributed by atoms with Crippen molar-refractivity contribution in [2.45, 2.75) is 31.6 Å². The van der Waals surface area contributed by atoms with Gasteiger partial charge in [-0.3, -0.25) is 4.31 Å². The van der Waals surface area contributed by atoms with E-state index in [1.165, 1.54) is 4.31 Å². The summed E-state index contributed by atoms with van der Waals surface area (Å²) >= 11 is 0. The Kier molecular flexibility index (Phi) is 3.14. The van der Waals surface area contributed by atoms with Gasteiger partial charge in [0, 0.05) is 12.6 Å². The Morgan fingerprint density at radius 2 is 2.00 bits per heavy atom.